The van der Waals surface area contributed by atoms with Crippen molar-refractivity contribution in [3.63, 3.8) is 0 Å². The average molecular weight is 452 g/mol. The van der Waals surface area contributed by atoms with E-state index in [1.54, 1.807) is 32.0 Å². The van der Waals surface area contributed by atoms with Gasteiger partial charge < -0.3 is 10.1 Å². The molecule has 0 aliphatic rings. The van der Waals surface area contributed by atoms with E-state index in [1.165, 1.54) is 6.07 Å². The molecular weight excluding hydrogens is 434 g/mol. The molecule has 2 aromatic carbocycles. The molecule has 3 rings (SSSR count). The van der Waals surface area contributed by atoms with Gasteiger partial charge in [0, 0.05) is 35.6 Å². The quantitative estimate of drug-likeness (QED) is 0.299. The van der Waals surface area contributed by atoms with Crippen LogP contribution in [0, 0.1) is 10.1 Å². The Hall–Kier alpha value is -3.02. The van der Waals surface area contributed by atoms with Gasteiger partial charge in [-0.05, 0) is 24.3 Å². The molecule has 0 fully saturated rings. The number of nitrogens with one attached hydrogen (secondary N) is 1. The van der Waals surface area contributed by atoms with Crippen molar-refractivity contribution in [1.29, 1.82) is 0 Å². The topological polar surface area (TPSA) is 141 Å². The smallest absolute Gasteiger partial charge is 0.270 e. The third kappa shape index (κ3) is 3.99. The highest BCUT2D eigenvalue weighted by Crippen LogP contribution is 2.39. The number of aromatic amines is 1. The molecule has 0 aliphatic carbocycles. The van der Waals surface area contributed by atoms with Gasteiger partial charge in [-0.25, -0.2) is 8.42 Å². The number of azo groups is 1. The Morgan fingerprint density at radius 1 is 1.17 bits per heavy atom. The van der Waals surface area contributed by atoms with Crippen molar-refractivity contribution in [2.45, 2.75) is 18.7 Å². The van der Waals surface area contributed by atoms with E-state index in [2.05, 4.69) is 15.2 Å². The Kier molecular flexibility index (Phi) is 6.06. The number of nitrogens with zero attached hydrogens (tertiary/aromatic N) is 4. The van der Waals surface area contributed by atoms with Crippen LogP contribution < -0.4 is 0 Å². The fraction of sp³-hybridized carbons (Fsp3) is 0.222. The molecule has 30 heavy (non-hydrogen) atoms. The van der Waals surface area contributed by atoms with Gasteiger partial charge in [0.1, 0.15) is 10.6 Å². The zero-order chi connectivity index (χ0) is 22.1. The molecule has 12 heteroatoms. The summed E-state index contributed by atoms with van der Waals surface area (Å²) in [4.78, 5) is 12.9. The van der Waals surface area contributed by atoms with Crippen molar-refractivity contribution >= 4 is 49.6 Å². The van der Waals surface area contributed by atoms with Crippen molar-refractivity contribution in [2.75, 3.05) is 13.1 Å². The summed E-state index contributed by atoms with van der Waals surface area (Å²) < 4.78 is 27.2. The maximum absolute atomic E-state index is 13.0. The van der Waals surface area contributed by atoms with Crippen LogP contribution in [0.3, 0.4) is 0 Å². The molecule has 0 spiro atoms. The predicted molar refractivity (Wildman–Crippen MR) is 112 cm³/mol. The lowest BCUT2D eigenvalue weighted by molar-refractivity contribution is -0.385. The first-order valence-corrected chi connectivity index (χ1v) is 10.7. The summed E-state index contributed by atoms with van der Waals surface area (Å²) >= 11 is 6.00. The fourth-order valence-electron chi connectivity index (χ4n) is 2.95. The summed E-state index contributed by atoms with van der Waals surface area (Å²) in [5.74, 6) is -0.272. The van der Waals surface area contributed by atoms with Crippen molar-refractivity contribution in [2.24, 2.45) is 10.2 Å². The second kappa shape index (κ2) is 8.38. The molecular formula is C18H18ClN5O5S. The minimum absolute atomic E-state index is 0.0667. The molecule has 0 unspecified atom stereocenters. The number of nitro groups is 1. The van der Waals surface area contributed by atoms with Crippen LogP contribution in [0.25, 0.3) is 10.9 Å². The molecule has 0 atom stereocenters. The van der Waals surface area contributed by atoms with Crippen LogP contribution in [0.1, 0.15) is 13.8 Å². The van der Waals surface area contributed by atoms with E-state index < -0.39 is 14.9 Å². The highest BCUT2D eigenvalue weighted by atomic mass is 35.5. The molecule has 0 saturated heterocycles. The number of hydrogen-bond donors (Lipinski definition) is 2. The van der Waals surface area contributed by atoms with Gasteiger partial charge in [0.25, 0.3) is 5.69 Å². The second-order valence-corrected chi connectivity index (χ2v) is 8.55. The van der Waals surface area contributed by atoms with Gasteiger partial charge >= 0.3 is 0 Å². The van der Waals surface area contributed by atoms with Gasteiger partial charge in [-0.15, -0.1) is 10.2 Å². The Morgan fingerprint density at radius 3 is 2.50 bits per heavy atom. The molecule has 0 amide bonds. The molecule has 0 bridgehead atoms. The van der Waals surface area contributed by atoms with E-state index in [4.69, 9.17) is 11.6 Å². The normalized spacial score (nSPS) is 12.3. The van der Waals surface area contributed by atoms with Crippen molar-refractivity contribution in [3.05, 3.63) is 51.5 Å². The molecule has 0 aliphatic heterocycles. The summed E-state index contributed by atoms with van der Waals surface area (Å²) in [5, 5.41) is 30.2. The Labute approximate surface area is 177 Å². The van der Waals surface area contributed by atoms with E-state index >= 15 is 0 Å². The minimum atomic E-state index is -4.05. The van der Waals surface area contributed by atoms with Gasteiger partial charge in [0.2, 0.25) is 15.9 Å². The lowest BCUT2D eigenvalue weighted by atomic mass is 10.2. The van der Waals surface area contributed by atoms with Crippen LogP contribution in [0.15, 0.2) is 51.5 Å². The number of non-ortho nitro benzene ring substituents is 1. The van der Waals surface area contributed by atoms with E-state index in [0.717, 1.165) is 16.4 Å². The van der Waals surface area contributed by atoms with Crippen LogP contribution >= 0.6 is 11.6 Å². The predicted octanol–water partition coefficient (Wildman–Crippen LogP) is 4.88. The summed E-state index contributed by atoms with van der Waals surface area (Å²) in [5.41, 5.74) is 0.146. The Morgan fingerprint density at radius 2 is 1.87 bits per heavy atom. The molecule has 0 radical (unpaired) electrons. The first kappa shape index (κ1) is 21.7. The summed E-state index contributed by atoms with van der Waals surface area (Å²) in [6.07, 6.45) is 0. The number of fused-ring (bicyclic) bond motifs is 1. The number of nitro benzene ring substituents is 1. The number of halogens is 1. The van der Waals surface area contributed by atoms with Gasteiger partial charge in [0.05, 0.1) is 10.4 Å². The molecule has 2 N–H and O–H groups in total. The van der Waals surface area contributed by atoms with Crippen molar-refractivity contribution < 1.29 is 18.4 Å². The highest BCUT2D eigenvalue weighted by molar-refractivity contribution is 7.89. The Bertz CT molecular complexity index is 1250. The third-order valence-corrected chi connectivity index (χ3v) is 6.76. The summed E-state index contributed by atoms with van der Waals surface area (Å²) in [6, 6.07) is 8.15. The lowest BCUT2D eigenvalue weighted by Gasteiger charge is -2.19. The number of sulfonamides is 1. The molecule has 158 valence electrons. The zero-order valence-corrected chi connectivity index (χ0v) is 17.6. The minimum Gasteiger partial charge on any atom is -0.493 e. The largest absolute Gasteiger partial charge is 0.493 e. The second-order valence-electron chi connectivity index (χ2n) is 6.21. The highest BCUT2D eigenvalue weighted by Gasteiger charge is 2.27. The van der Waals surface area contributed by atoms with Gasteiger partial charge in [-0.2, -0.15) is 4.31 Å². The van der Waals surface area contributed by atoms with E-state index in [-0.39, 0.29) is 40.9 Å². The number of aromatic hydroxyl groups is 1. The van der Waals surface area contributed by atoms with Crippen LogP contribution in [0.2, 0.25) is 5.02 Å². The fourth-order valence-corrected chi connectivity index (χ4v) is 4.72. The van der Waals surface area contributed by atoms with Gasteiger partial charge in [-0.1, -0.05) is 25.4 Å². The summed E-state index contributed by atoms with van der Waals surface area (Å²) in [6.45, 7) is 3.68. The third-order valence-electron chi connectivity index (χ3n) is 4.45. The maximum Gasteiger partial charge on any atom is 0.270 e. The molecule has 3 aromatic rings. The van der Waals surface area contributed by atoms with Crippen molar-refractivity contribution in [3.8, 4) is 5.88 Å². The number of rotatable bonds is 7. The van der Waals surface area contributed by atoms with E-state index in [0.29, 0.717) is 15.9 Å². The molecule has 1 heterocycles. The van der Waals surface area contributed by atoms with E-state index in [9.17, 15) is 23.6 Å². The van der Waals surface area contributed by atoms with Gasteiger partial charge in [0.15, 0.2) is 5.69 Å². The van der Waals surface area contributed by atoms with Crippen molar-refractivity contribution in [1.82, 2.24) is 9.29 Å². The van der Waals surface area contributed by atoms with Gasteiger partial charge in [-0.3, -0.25) is 10.1 Å². The number of aromatic nitrogens is 1. The van der Waals surface area contributed by atoms with Crippen LogP contribution in [-0.2, 0) is 10.0 Å². The molecule has 1 aromatic heterocycles. The van der Waals surface area contributed by atoms with E-state index in [1.807, 2.05) is 0 Å². The molecule has 0 saturated carbocycles. The first-order chi connectivity index (χ1) is 14.2. The number of H-pyrrole nitrogens is 1. The SMILES string of the molecule is CCN(CC)S(=O)(=O)c1cc([N+](=O)[O-])ccc1N=Nc1c(O)[nH]c2ccc(Cl)cc12. The molecule has 10 nitrogen and oxygen atoms in total. The first-order valence-electron chi connectivity index (χ1n) is 8.89. The lowest BCUT2D eigenvalue weighted by Crippen LogP contribution is -2.30. The van der Waals surface area contributed by atoms with Crippen LogP contribution in [-0.4, -0.2) is 40.8 Å². The Balaban J connectivity index is 2.16. The zero-order valence-electron chi connectivity index (χ0n) is 16.0. The maximum atomic E-state index is 13.0. The van der Waals surface area contributed by atoms with Crippen LogP contribution in [0.4, 0.5) is 17.1 Å². The number of benzene rings is 2. The van der Waals surface area contributed by atoms with Crippen LogP contribution in [0.5, 0.6) is 5.88 Å². The average Bonchev–Trinajstić information content (AvgIpc) is 3.01. The standard InChI is InChI=1S/C18H18ClN5O5S/c1-3-23(4-2)30(28,29)16-10-12(24(26)27)6-8-15(16)21-22-17-13-9-11(19)5-7-14(13)20-18(17)25/h5-10,20,25H,3-4H2,1-2H3. The monoisotopic (exact) mass is 451 g/mol. The summed E-state index contributed by atoms with van der Waals surface area (Å²) in [7, 11) is -4.05. The number of hydrogen-bond acceptors (Lipinski definition) is 7.